The maximum Gasteiger partial charge on any atom is 0.416 e. The highest BCUT2D eigenvalue weighted by atomic mass is 19.4. The lowest BCUT2D eigenvalue weighted by atomic mass is 10.1. The van der Waals surface area contributed by atoms with Crippen molar-refractivity contribution in [2.75, 3.05) is 12.0 Å². The summed E-state index contributed by atoms with van der Waals surface area (Å²) in [4.78, 5) is 22.1. The topological polar surface area (TPSA) is 110 Å². The molecule has 19 heavy (non-hydrogen) atoms. The minimum atomic E-state index is -4.59. The molecule has 104 valence electrons. The van der Waals surface area contributed by atoms with E-state index in [9.17, 15) is 22.8 Å². The molecule has 0 saturated heterocycles. The lowest BCUT2D eigenvalue weighted by molar-refractivity contribution is -0.137. The van der Waals surface area contributed by atoms with E-state index in [0.29, 0.717) is 6.07 Å². The molecule has 0 aliphatic heterocycles. The molecule has 0 atom stereocenters. The number of alkyl halides is 3. The highest BCUT2D eigenvalue weighted by Gasteiger charge is 2.31. The maximum absolute atomic E-state index is 12.5. The highest BCUT2D eigenvalue weighted by molar-refractivity contribution is 6.01. The van der Waals surface area contributed by atoms with E-state index in [1.54, 1.807) is 0 Å². The van der Waals surface area contributed by atoms with Crippen molar-refractivity contribution in [1.82, 2.24) is 5.32 Å². The zero-order valence-electron chi connectivity index (χ0n) is 9.54. The van der Waals surface area contributed by atoms with Crippen LogP contribution in [0.25, 0.3) is 0 Å². The van der Waals surface area contributed by atoms with Crippen LogP contribution in [0.5, 0.6) is 0 Å². The molecule has 0 saturated carbocycles. The van der Waals surface area contributed by atoms with Gasteiger partial charge in [-0.15, -0.1) is 0 Å². The fourth-order valence-corrected chi connectivity index (χ4v) is 1.30. The lowest BCUT2D eigenvalue weighted by Crippen LogP contribution is -2.34. The summed E-state index contributed by atoms with van der Waals surface area (Å²) in [7, 11) is 0. The Balaban J connectivity index is 3.09. The zero-order chi connectivity index (χ0) is 14.6. The van der Waals surface area contributed by atoms with Crippen LogP contribution < -0.4 is 22.3 Å². The summed E-state index contributed by atoms with van der Waals surface area (Å²) >= 11 is 0. The fraction of sp³-hybridized carbons (Fsp3) is 0.200. The largest absolute Gasteiger partial charge is 0.416 e. The van der Waals surface area contributed by atoms with Crippen molar-refractivity contribution in [3.8, 4) is 0 Å². The number of rotatable bonds is 4. The number of hydrazine groups is 1. The predicted octanol–water partition coefficient (Wildman–Crippen LogP) is 0.206. The Kier molecular flexibility index (Phi) is 4.33. The van der Waals surface area contributed by atoms with Crippen LogP contribution in [0, 0.1) is 0 Å². The summed E-state index contributed by atoms with van der Waals surface area (Å²) in [6.45, 7) is -0.487. The smallest absolute Gasteiger partial charge is 0.368 e. The fourth-order valence-electron chi connectivity index (χ4n) is 1.30. The SMILES string of the molecule is NNc1ccc(C(F)(F)F)cc1C(=O)NCC(N)=O. The van der Waals surface area contributed by atoms with Gasteiger partial charge in [0.1, 0.15) is 0 Å². The van der Waals surface area contributed by atoms with E-state index in [1.165, 1.54) is 0 Å². The molecule has 6 N–H and O–H groups in total. The number of carbonyl (C=O) groups excluding carboxylic acids is 2. The highest BCUT2D eigenvalue weighted by Crippen LogP contribution is 2.31. The van der Waals surface area contributed by atoms with Gasteiger partial charge in [-0.3, -0.25) is 15.4 Å². The van der Waals surface area contributed by atoms with Crippen molar-refractivity contribution in [3.63, 3.8) is 0 Å². The van der Waals surface area contributed by atoms with Crippen LogP contribution in [0.4, 0.5) is 18.9 Å². The molecule has 0 heterocycles. The van der Waals surface area contributed by atoms with Crippen LogP contribution in [-0.2, 0) is 11.0 Å². The first-order chi connectivity index (χ1) is 8.75. The number of benzene rings is 1. The van der Waals surface area contributed by atoms with Gasteiger partial charge < -0.3 is 16.5 Å². The average Bonchev–Trinajstić information content (AvgIpc) is 2.33. The molecular weight excluding hydrogens is 265 g/mol. The number of carbonyl (C=O) groups is 2. The number of hydrogen-bond acceptors (Lipinski definition) is 4. The van der Waals surface area contributed by atoms with Crippen LogP contribution in [0.1, 0.15) is 15.9 Å². The van der Waals surface area contributed by atoms with Gasteiger partial charge in [-0.25, -0.2) is 0 Å². The zero-order valence-corrected chi connectivity index (χ0v) is 9.54. The van der Waals surface area contributed by atoms with Gasteiger partial charge in [0.05, 0.1) is 23.4 Å². The number of nitrogens with two attached hydrogens (primary N) is 2. The molecule has 0 aliphatic carbocycles. The molecule has 9 heteroatoms. The summed E-state index contributed by atoms with van der Waals surface area (Å²) in [6, 6.07) is 2.42. The van der Waals surface area contributed by atoms with Crippen LogP contribution in [0.15, 0.2) is 18.2 Å². The van der Waals surface area contributed by atoms with Crippen molar-refractivity contribution in [2.24, 2.45) is 11.6 Å². The number of hydrogen-bond donors (Lipinski definition) is 4. The first-order valence-electron chi connectivity index (χ1n) is 5.00. The predicted molar refractivity (Wildman–Crippen MR) is 60.8 cm³/mol. The second kappa shape index (κ2) is 5.57. The van der Waals surface area contributed by atoms with E-state index in [4.69, 9.17) is 11.6 Å². The quantitative estimate of drug-likeness (QED) is 0.465. The second-order valence-electron chi connectivity index (χ2n) is 3.55. The maximum atomic E-state index is 12.5. The molecule has 1 aromatic carbocycles. The minimum Gasteiger partial charge on any atom is -0.368 e. The number of nitrogens with one attached hydrogen (secondary N) is 2. The Hall–Kier alpha value is -2.29. The molecule has 0 aliphatic rings. The summed E-state index contributed by atoms with van der Waals surface area (Å²) in [5.74, 6) is 3.39. The van der Waals surface area contributed by atoms with Crippen molar-refractivity contribution in [2.45, 2.75) is 6.18 Å². The summed E-state index contributed by atoms with van der Waals surface area (Å²) in [5, 5.41) is 2.08. The molecule has 1 aromatic rings. The minimum absolute atomic E-state index is 0.00466. The molecule has 2 amide bonds. The van der Waals surface area contributed by atoms with Gasteiger partial charge in [0, 0.05) is 0 Å². The Morgan fingerprint density at radius 1 is 1.26 bits per heavy atom. The summed E-state index contributed by atoms with van der Waals surface area (Å²) in [5.41, 5.74) is 5.57. The third-order valence-corrected chi connectivity index (χ3v) is 2.17. The Morgan fingerprint density at radius 3 is 2.37 bits per heavy atom. The third-order valence-electron chi connectivity index (χ3n) is 2.17. The summed E-state index contributed by atoms with van der Waals surface area (Å²) < 4.78 is 37.6. The van der Waals surface area contributed by atoms with Crippen LogP contribution in [0.2, 0.25) is 0 Å². The van der Waals surface area contributed by atoms with Gasteiger partial charge in [0.2, 0.25) is 5.91 Å². The van der Waals surface area contributed by atoms with E-state index in [1.807, 2.05) is 0 Å². The number of anilines is 1. The molecule has 6 nitrogen and oxygen atoms in total. The van der Waals surface area contributed by atoms with E-state index in [2.05, 4.69) is 10.7 Å². The molecule has 1 rings (SSSR count). The van der Waals surface area contributed by atoms with Gasteiger partial charge in [0.25, 0.3) is 5.91 Å². The van der Waals surface area contributed by atoms with E-state index in [-0.39, 0.29) is 11.3 Å². The standard InChI is InChI=1S/C10H11F3N4O2/c11-10(12,13)5-1-2-7(17-15)6(3-5)9(19)16-4-8(14)18/h1-3,17H,4,15H2,(H2,14,18)(H,16,19). The molecule has 0 bridgehead atoms. The number of primary amides is 1. The molecule has 0 aromatic heterocycles. The van der Waals surface area contributed by atoms with Crippen LogP contribution in [0.3, 0.4) is 0 Å². The van der Waals surface area contributed by atoms with Gasteiger partial charge in [-0.05, 0) is 18.2 Å². The molecule has 0 unspecified atom stereocenters. The molecule has 0 fully saturated rings. The van der Waals surface area contributed by atoms with Gasteiger partial charge in [-0.2, -0.15) is 13.2 Å². The number of halogens is 3. The first-order valence-corrected chi connectivity index (χ1v) is 5.00. The average molecular weight is 276 g/mol. The van der Waals surface area contributed by atoms with Gasteiger partial charge in [-0.1, -0.05) is 0 Å². The second-order valence-corrected chi connectivity index (χ2v) is 3.55. The van der Waals surface area contributed by atoms with Crippen molar-refractivity contribution < 1.29 is 22.8 Å². The first kappa shape index (κ1) is 14.8. The van der Waals surface area contributed by atoms with E-state index in [0.717, 1.165) is 12.1 Å². The number of nitrogen functional groups attached to an aromatic ring is 1. The molecule has 0 radical (unpaired) electrons. The monoisotopic (exact) mass is 276 g/mol. The van der Waals surface area contributed by atoms with Crippen molar-refractivity contribution in [3.05, 3.63) is 29.3 Å². The third kappa shape index (κ3) is 3.85. The van der Waals surface area contributed by atoms with Crippen LogP contribution in [-0.4, -0.2) is 18.4 Å². The van der Waals surface area contributed by atoms with Gasteiger partial charge >= 0.3 is 6.18 Å². The molecule has 0 spiro atoms. The lowest BCUT2D eigenvalue weighted by Gasteiger charge is -2.12. The Labute approximate surface area is 105 Å². The van der Waals surface area contributed by atoms with E-state index < -0.39 is 30.1 Å². The normalized spacial score (nSPS) is 10.9. The molecular formula is C10H11F3N4O2. The Morgan fingerprint density at radius 2 is 1.89 bits per heavy atom. The van der Waals surface area contributed by atoms with E-state index >= 15 is 0 Å². The van der Waals surface area contributed by atoms with Crippen molar-refractivity contribution in [1.29, 1.82) is 0 Å². The van der Waals surface area contributed by atoms with Crippen LogP contribution >= 0.6 is 0 Å². The number of amides is 2. The summed E-state index contributed by atoms with van der Waals surface area (Å²) in [6.07, 6.45) is -4.59. The van der Waals surface area contributed by atoms with Gasteiger partial charge in [0.15, 0.2) is 0 Å². The van der Waals surface area contributed by atoms with Crippen molar-refractivity contribution >= 4 is 17.5 Å². The Bertz CT molecular complexity index is 502.